The molecular formula is C14H8BrNO2. The fraction of sp³-hybridized carbons (Fsp3) is 0. The van der Waals surface area contributed by atoms with Gasteiger partial charge in [-0.3, -0.25) is 4.79 Å². The number of ether oxygens (including phenoxy) is 1. The Hall–Kier alpha value is -1.94. The van der Waals surface area contributed by atoms with E-state index in [1.54, 1.807) is 18.2 Å². The van der Waals surface area contributed by atoms with E-state index in [1.807, 2.05) is 30.3 Å². The van der Waals surface area contributed by atoms with Crippen LogP contribution in [0.4, 0.5) is 0 Å². The summed E-state index contributed by atoms with van der Waals surface area (Å²) < 4.78 is 6.24. The number of ketones is 1. The van der Waals surface area contributed by atoms with Crippen LogP contribution in [0.5, 0.6) is 5.75 Å². The molecule has 0 spiro atoms. The second-order valence-electron chi connectivity index (χ2n) is 3.82. The van der Waals surface area contributed by atoms with E-state index in [-0.39, 0.29) is 5.78 Å². The highest BCUT2D eigenvalue weighted by Crippen LogP contribution is 2.31. The number of carbonyl (C=O) groups is 1. The number of Topliss-reactive ketones (excluding diaryl/α,β-unsaturated/α-hetero) is 1. The lowest BCUT2D eigenvalue weighted by Gasteiger charge is -1.98. The van der Waals surface area contributed by atoms with E-state index in [0.717, 1.165) is 4.60 Å². The molecule has 0 bridgehead atoms. The number of para-hydroxylation sites is 1. The zero-order valence-electron chi connectivity index (χ0n) is 9.26. The summed E-state index contributed by atoms with van der Waals surface area (Å²) in [6.45, 7) is 0. The van der Waals surface area contributed by atoms with Gasteiger partial charge >= 0.3 is 0 Å². The van der Waals surface area contributed by atoms with Crippen molar-refractivity contribution in [2.75, 3.05) is 0 Å². The minimum atomic E-state index is -0.104. The summed E-state index contributed by atoms with van der Waals surface area (Å²) in [5.41, 5.74) is 1.28. The molecule has 2 heterocycles. The molecule has 0 atom stereocenters. The number of nitrogens with zero attached hydrogens (tertiary/aromatic N) is 1. The summed E-state index contributed by atoms with van der Waals surface area (Å²) in [5.74, 6) is 0.804. The van der Waals surface area contributed by atoms with E-state index in [1.165, 1.54) is 0 Å². The molecule has 0 unspecified atom stereocenters. The van der Waals surface area contributed by atoms with Gasteiger partial charge in [-0.05, 0) is 40.2 Å². The van der Waals surface area contributed by atoms with Crippen molar-refractivity contribution in [2.45, 2.75) is 0 Å². The first-order valence-corrected chi connectivity index (χ1v) is 6.19. The van der Waals surface area contributed by atoms with Gasteiger partial charge < -0.3 is 4.74 Å². The highest BCUT2D eigenvalue weighted by molar-refractivity contribution is 9.10. The molecule has 2 aromatic rings. The number of benzene rings is 1. The van der Waals surface area contributed by atoms with Gasteiger partial charge in [0, 0.05) is 6.08 Å². The molecule has 3 nitrogen and oxygen atoms in total. The first-order valence-electron chi connectivity index (χ1n) is 5.40. The third kappa shape index (κ3) is 1.95. The fourth-order valence-electron chi connectivity index (χ4n) is 1.77. The normalized spacial score (nSPS) is 15.6. The van der Waals surface area contributed by atoms with Gasteiger partial charge in [0.05, 0.1) is 11.3 Å². The number of hydrogen-bond acceptors (Lipinski definition) is 3. The number of pyridine rings is 1. The minimum absolute atomic E-state index is 0.104. The van der Waals surface area contributed by atoms with Gasteiger partial charge in [0.15, 0.2) is 5.76 Å². The lowest BCUT2D eigenvalue weighted by Crippen LogP contribution is -1.98. The second kappa shape index (κ2) is 4.38. The molecule has 0 saturated heterocycles. The SMILES string of the molecule is O=C1/C(=C/c2cccc(Br)n2)Oc2ccccc21. The number of allylic oxidation sites excluding steroid dienone is 1. The first-order chi connectivity index (χ1) is 8.74. The Bertz CT molecular complexity index is 664. The predicted molar refractivity (Wildman–Crippen MR) is 71.3 cm³/mol. The Morgan fingerprint density at radius 3 is 2.72 bits per heavy atom. The summed E-state index contributed by atoms with van der Waals surface area (Å²) in [4.78, 5) is 16.3. The lowest BCUT2D eigenvalue weighted by molar-refractivity contribution is 0.101. The molecule has 4 heteroatoms. The fourth-order valence-corrected chi connectivity index (χ4v) is 2.13. The van der Waals surface area contributed by atoms with Gasteiger partial charge in [0.2, 0.25) is 5.78 Å². The molecule has 0 saturated carbocycles. The van der Waals surface area contributed by atoms with E-state index in [9.17, 15) is 4.79 Å². The van der Waals surface area contributed by atoms with Gasteiger partial charge in [0.1, 0.15) is 10.4 Å². The van der Waals surface area contributed by atoms with Crippen molar-refractivity contribution in [3.63, 3.8) is 0 Å². The van der Waals surface area contributed by atoms with Crippen LogP contribution in [-0.4, -0.2) is 10.8 Å². The standard InChI is InChI=1S/C14H8BrNO2/c15-13-7-3-4-9(16-13)8-12-14(17)10-5-1-2-6-11(10)18-12/h1-8H/b12-8-. The van der Waals surface area contributed by atoms with Crippen LogP contribution < -0.4 is 4.74 Å². The highest BCUT2D eigenvalue weighted by Gasteiger charge is 2.26. The molecule has 88 valence electrons. The van der Waals surface area contributed by atoms with Crippen molar-refractivity contribution in [1.29, 1.82) is 0 Å². The lowest BCUT2D eigenvalue weighted by atomic mass is 10.1. The van der Waals surface area contributed by atoms with Gasteiger partial charge in [0.25, 0.3) is 0 Å². The molecule has 18 heavy (non-hydrogen) atoms. The number of aromatic nitrogens is 1. The minimum Gasteiger partial charge on any atom is -0.452 e. The summed E-state index contributed by atoms with van der Waals surface area (Å²) in [6.07, 6.45) is 1.65. The third-order valence-electron chi connectivity index (χ3n) is 2.59. The topological polar surface area (TPSA) is 39.2 Å². The van der Waals surface area contributed by atoms with Crippen LogP contribution in [0, 0.1) is 0 Å². The molecule has 0 aliphatic carbocycles. The Balaban J connectivity index is 1.99. The average Bonchev–Trinajstić information content (AvgIpc) is 2.67. The van der Waals surface area contributed by atoms with Crippen molar-refractivity contribution in [2.24, 2.45) is 0 Å². The van der Waals surface area contributed by atoms with Crippen LogP contribution in [0.1, 0.15) is 16.1 Å². The van der Waals surface area contributed by atoms with E-state index in [0.29, 0.717) is 22.8 Å². The van der Waals surface area contributed by atoms with E-state index < -0.39 is 0 Å². The van der Waals surface area contributed by atoms with Crippen molar-refractivity contribution < 1.29 is 9.53 Å². The Morgan fingerprint density at radius 1 is 1.11 bits per heavy atom. The average molecular weight is 302 g/mol. The van der Waals surface area contributed by atoms with E-state index in [2.05, 4.69) is 20.9 Å². The third-order valence-corrected chi connectivity index (χ3v) is 3.03. The van der Waals surface area contributed by atoms with Crippen LogP contribution in [0.25, 0.3) is 6.08 Å². The van der Waals surface area contributed by atoms with Crippen LogP contribution in [0.3, 0.4) is 0 Å². The highest BCUT2D eigenvalue weighted by atomic mass is 79.9. The molecule has 0 N–H and O–H groups in total. The van der Waals surface area contributed by atoms with Crippen LogP contribution >= 0.6 is 15.9 Å². The van der Waals surface area contributed by atoms with Crippen molar-refractivity contribution >= 4 is 27.8 Å². The summed E-state index contributed by atoms with van der Waals surface area (Å²) in [7, 11) is 0. The van der Waals surface area contributed by atoms with E-state index in [4.69, 9.17) is 4.74 Å². The summed E-state index contributed by atoms with van der Waals surface area (Å²) in [5, 5.41) is 0. The van der Waals surface area contributed by atoms with Crippen molar-refractivity contribution in [3.05, 3.63) is 64.1 Å². The first kappa shape index (κ1) is 11.2. The molecule has 1 aliphatic heterocycles. The largest absolute Gasteiger partial charge is 0.452 e. The summed E-state index contributed by atoms with van der Waals surface area (Å²) >= 11 is 3.29. The predicted octanol–water partition coefficient (Wildman–Crippen LogP) is 3.46. The van der Waals surface area contributed by atoms with Gasteiger partial charge in [-0.2, -0.15) is 0 Å². The Morgan fingerprint density at radius 2 is 1.94 bits per heavy atom. The molecule has 0 radical (unpaired) electrons. The molecule has 1 aromatic heterocycles. The molecule has 1 aliphatic rings. The zero-order valence-corrected chi connectivity index (χ0v) is 10.8. The maximum absolute atomic E-state index is 12.1. The Labute approximate surface area is 112 Å². The van der Waals surface area contributed by atoms with Gasteiger partial charge in [-0.1, -0.05) is 18.2 Å². The number of hydrogen-bond donors (Lipinski definition) is 0. The van der Waals surface area contributed by atoms with Crippen LogP contribution in [0.2, 0.25) is 0 Å². The van der Waals surface area contributed by atoms with E-state index >= 15 is 0 Å². The second-order valence-corrected chi connectivity index (χ2v) is 4.63. The number of halogens is 1. The molecule has 3 rings (SSSR count). The monoisotopic (exact) mass is 301 g/mol. The van der Waals surface area contributed by atoms with Crippen molar-refractivity contribution in [1.82, 2.24) is 4.98 Å². The number of fused-ring (bicyclic) bond motifs is 1. The van der Waals surface area contributed by atoms with Crippen molar-refractivity contribution in [3.8, 4) is 5.75 Å². The Kier molecular flexibility index (Phi) is 2.72. The number of rotatable bonds is 1. The smallest absolute Gasteiger partial charge is 0.232 e. The van der Waals surface area contributed by atoms with Gasteiger partial charge in [-0.15, -0.1) is 0 Å². The molecule has 1 aromatic carbocycles. The van der Waals surface area contributed by atoms with Gasteiger partial charge in [-0.25, -0.2) is 4.98 Å². The molecule has 0 amide bonds. The summed E-state index contributed by atoms with van der Waals surface area (Å²) in [6, 6.07) is 12.7. The van der Waals surface area contributed by atoms with Crippen LogP contribution in [0.15, 0.2) is 52.8 Å². The maximum Gasteiger partial charge on any atom is 0.232 e. The number of carbonyl (C=O) groups excluding carboxylic acids is 1. The zero-order chi connectivity index (χ0) is 12.5. The molecular weight excluding hydrogens is 294 g/mol. The van der Waals surface area contributed by atoms with Crippen LogP contribution in [-0.2, 0) is 0 Å². The maximum atomic E-state index is 12.1. The molecule has 0 fully saturated rings. The quantitative estimate of drug-likeness (QED) is 0.598.